The van der Waals surface area contributed by atoms with Gasteiger partial charge in [0.2, 0.25) is 0 Å². The van der Waals surface area contributed by atoms with Crippen molar-refractivity contribution in [3.63, 3.8) is 0 Å². The van der Waals surface area contributed by atoms with Gasteiger partial charge in [-0.05, 0) is 124 Å². The van der Waals surface area contributed by atoms with Crippen molar-refractivity contribution in [3.05, 3.63) is 216 Å². The highest BCUT2D eigenvalue weighted by Crippen LogP contribution is 2.42. The molecular weight excluding hydrogens is 703 g/mol. The number of benzene rings is 8. The van der Waals surface area contributed by atoms with Gasteiger partial charge in [-0.3, -0.25) is 0 Å². The monoisotopic (exact) mass is 747 g/mol. The second-order valence-electron chi connectivity index (χ2n) is 15.7. The van der Waals surface area contributed by atoms with E-state index in [0.717, 1.165) is 69.4 Å². The van der Waals surface area contributed by atoms with Crippen molar-refractivity contribution in [2.45, 2.75) is 33.1 Å². The molecule has 1 unspecified atom stereocenters. The average molecular weight is 748 g/mol. The molecule has 0 aliphatic heterocycles. The van der Waals surface area contributed by atoms with Gasteiger partial charge in [-0.2, -0.15) is 0 Å². The molecule has 0 fully saturated rings. The fourth-order valence-corrected chi connectivity index (χ4v) is 9.04. The van der Waals surface area contributed by atoms with Crippen LogP contribution in [0.3, 0.4) is 0 Å². The number of allylic oxidation sites excluding steroid dienone is 4. The molecule has 0 radical (unpaired) electrons. The highest BCUT2D eigenvalue weighted by molar-refractivity contribution is 6.09. The molecule has 0 N–H and O–H groups in total. The maximum Gasteiger partial charge on any atom is 0.143 e. The van der Waals surface area contributed by atoms with E-state index in [1.807, 2.05) is 12.1 Å². The molecule has 0 spiro atoms. The van der Waals surface area contributed by atoms with E-state index in [0.29, 0.717) is 5.92 Å². The molecule has 1 heterocycles. The lowest BCUT2D eigenvalue weighted by Gasteiger charge is -2.27. The van der Waals surface area contributed by atoms with Crippen LogP contribution < -0.4 is 4.90 Å². The van der Waals surface area contributed by atoms with Crippen LogP contribution in [0.4, 0.5) is 17.1 Å². The summed E-state index contributed by atoms with van der Waals surface area (Å²) in [7, 11) is 0. The van der Waals surface area contributed by atoms with Gasteiger partial charge < -0.3 is 9.32 Å². The zero-order valence-electron chi connectivity index (χ0n) is 33.0. The maximum atomic E-state index is 6.42. The summed E-state index contributed by atoms with van der Waals surface area (Å²) in [6, 6.07) is 65.9. The zero-order chi connectivity index (χ0) is 39.0. The van der Waals surface area contributed by atoms with Crippen molar-refractivity contribution in [2.75, 3.05) is 4.90 Å². The van der Waals surface area contributed by atoms with Crippen LogP contribution in [0.15, 0.2) is 204 Å². The van der Waals surface area contributed by atoms with Crippen LogP contribution in [0.25, 0.3) is 60.5 Å². The van der Waals surface area contributed by atoms with E-state index in [9.17, 15) is 0 Å². The third-order valence-corrected chi connectivity index (χ3v) is 12.0. The standard InChI is InChI=1S/C56H45NO/c1-38-26-27-44(37-53(38)50-20-9-8-18-47(50)39(2)36-40-14-4-3-5-15-40)41-28-32-45(33-29-41)57(54-24-12-17-42-16-6-7-19-48(42)54)46-34-30-43(31-35-46)49-22-13-23-52-51-21-10-11-25-55(51)58-56(49)52/h3-8,10-19,21-35,37,39H,9,20,36H2,1-2H3. The Balaban J connectivity index is 1.02. The Labute approximate surface area is 341 Å². The topological polar surface area (TPSA) is 16.4 Å². The first-order chi connectivity index (χ1) is 28.6. The lowest BCUT2D eigenvalue weighted by Crippen LogP contribution is -2.10. The summed E-state index contributed by atoms with van der Waals surface area (Å²) in [5.74, 6) is 0.435. The first kappa shape index (κ1) is 35.5. The molecule has 0 saturated heterocycles. The van der Waals surface area contributed by atoms with E-state index in [4.69, 9.17) is 4.42 Å². The van der Waals surface area contributed by atoms with Crippen LogP contribution in [0.5, 0.6) is 0 Å². The van der Waals surface area contributed by atoms with Crippen LogP contribution in [0.2, 0.25) is 0 Å². The van der Waals surface area contributed by atoms with E-state index in [1.54, 1.807) is 0 Å². The zero-order valence-corrected chi connectivity index (χ0v) is 33.0. The summed E-state index contributed by atoms with van der Waals surface area (Å²) in [5, 5.41) is 4.71. The van der Waals surface area contributed by atoms with E-state index >= 15 is 0 Å². The van der Waals surface area contributed by atoms with Crippen LogP contribution in [0.1, 0.15) is 36.5 Å². The molecule has 0 saturated carbocycles. The molecule has 2 heteroatoms. The smallest absolute Gasteiger partial charge is 0.143 e. The maximum absolute atomic E-state index is 6.42. The number of para-hydroxylation sites is 2. The first-order valence-corrected chi connectivity index (χ1v) is 20.5. The Hall–Kier alpha value is -6.90. The molecule has 0 bridgehead atoms. The molecule has 0 amide bonds. The van der Waals surface area contributed by atoms with E-state index in [1.165, 1.54) is 49.7 Å². The lowest BCUT2D eigenvalue weighted by atomic mass is 9.81. The van der Waals surface area contributed by atoms with Crippen molar-refractivity contribution < 1.29 is 4.42 Å². The molecule has 1 aliphatic rings. The molecule has 58 heavy (non-hydrogen) atoms. The van der Waals surface area contributed by atoms with Gasteiger partial charge in [0.25, 0.3) is 0 Å². The number of anilines is 3. The van der Waals surface area contributed by atoms with Crippen molar-refractivity contribution in [1.29, 1.82) is 0 Å². The Morgan fingerprint density at radius 2 is 1.22 bits per heavy atom. The molecule has 8 aromatic carbocycles. The average Bonchev–Trinajstić information content (AvgIpc) is 3.67. The quantitative estimate of drug-likeness (QED) is 0.146. The predicted octanol–water partition coefficient (Wildman–Crippen LogP) is 15.8. The summed E-state index contributed by atoms with van der Waals surface area (Å²) in [6.07, 6.45) is 7.93. The fourth-order valence-electron chi connectivity index (χ4n) is 9.04. The van der Waals surface area contributed by atoms with Gasteiger partial charge in [0, 0.05) is 33.1 Å². The van der Waals surface area contributed by atoms with Gasteiger partial charge in [0.15, 0.2) is 0 Å². The third-order valence-electron chi connectivity index (χ3n) is 12.0. The second kappa shape index (κ2) is 15.2. The largest absolute Gasteiger partial charge is 0.455 e. The van der Waals surface area contributed by atoms with Crippen LogP contribution in [-0.4, -0.2) is 0 Å². The summed E-state index contributed by atoms with van der Waals surface area (Å²) in [6.45, 7) is 4.64. The van der Waals surface area contributed by atoms with Crippen molar-refractivity contribution in [2.24, 2.45) is 5.92 Å². The number of nitrogens with zero attached hydrogens (tertiary/aromatic N) is 1. The number of hydrogen-bond donors (Lipinski definition) is 0. The van der Waals surface area contributed by atoms with Crippen molar-refractivity contribution in [3.8, 4) is 22.3 Å². The molecule has 9 aromatic rings. The SMILES string of the molecule is Cc1ccc(-c2ccc(N(c3ccc(-c4cccc5c4oc4ccccc45)cc3)c3cccc4ccccc34)cc2)cc1C1=C(C(C)Cc2ccccc2)C=CCC1. The Morgan fingerprint density at radius 3 is 2.03 bits per heavy atom. The van der Waals surface area contributed by atoms with Gasteiger partial charge in [0.1, 0.15) is 11.2 Å². The molecule has 1 atom stereocenters. The number of furan rings is 1. The molecule has 1 aromatic heterocycles. The number of fused-ring (bicyclic) bond motifs is 4. The predicted molar refractivity (Wildman–Crippen MR) is 246 cm³/mol. The first-order valence-electron chi connectivity index (χ1n) is 20.5. The van der Waals surface area contributed by atoms with Gasteiger partial charge in [-0.25, -0.2) is 0 Å². The van der Waals surface area contributed by atoms with Gasteiger partial charge >= 0.3 is 0 Å². The minimum absolute atomic E-state index is 0.435. The minimum atomic E-state index is 0.435. The summed E-state index contributed by atoms with van der Waals surface area (Å²) in [4.78, 5) is 2.39. The highest BCUT2D eigenvalue weighted by Gasteiger charge is 2.20. The van der Waals surface area contributed by atoms with Gasteiger partial charge in [-0.1, -0.05) is 159 Å². The lowest BCUT2D eigenvalue weighted by molar-refractivity contribution is 0.670. The van der Waals surface area contributed by atoms with Crippen molar-refractivity contribution in [1.82, 2.24) is 0 Å². The van der Waals surface area contributed by atoms with Crippen molar-refractivity contribution >= 4 is 55.3 Å². The molecule has 1 aliphatic carbocycles. The van der Waals surface area contributed by atoms with Crippen LogP contribution in [-0.2, 0) is 6.42 Å². The van der Waals surface area contributed by atoms with E-state index < -0.39 is 0 Å². The Bertz CT molecular complexity index is 2980. The molecule has 10 rings (SSSR count). The van der Waals surface area contributed by atoms with E-state index in [-0.39, 0.29) is 0 Å². The second-order valence-corrected chi connectivity index (χ2v) is 15.7. The normalized spacial score (nSPS) is 13.4. The van der Waals surface area contributed by atoms with Crippen LogP contribution >= 0.6 is 0 Å². The number of rotatable bonds is 9. The molecular formula is C56H45NO. The van der Waals surface area contributed by atoms with Gasteiger partial charge in [-0.15, -0.1) is 0 Å². The fraction of sp³-hybridized carbons (Fsp3) is 0.107. The number of aryl methyl sites for hydroxylation is 1. The summed E-state index contributed by atoms with van der Waals surface area (Å²) >= 11 is 0. The van der Waals surface area contributed by atoms with E-state index in [2.05, 4.69) is 201 Å². The summed E-state index contributed by atoms with van der Waals surface area (Å²) in [5.41, 5.74) is 16.9. The Morgan fingerprint density at radius 1 is 0.569 bits per heavy atom. The van der Waals surface area contributed by atoms with Gasteiger partial charge in [0.05, 0.1) is 5.69 Å². The summed E-state index contributed by atoms with van der Waals surface area (Å²) < 4.78 is 6.42. The van der Waals surface area contributed by atoms with Crippen LogP contribution in [0, 0.1) is 12.8 Å². The molecule has 2 nitrogen and oxygen atoms in total. The molecule has 280 valence electrons. The Kier molecular flexibility index (Phi) is 9.31. The minimum Gasteiger partial charge on any atom is -0.455 e. The highest BCUT2D eigenvalue weighted by atomic mass is 16.3. The number of hydrogen-bond acceptors (Lipinski definition) is 2. The third kappa shape index (κ3) is 6.61.